The van der Waals surface area contributed by atoms with Crippen molar-refractivity contribution < 1.29 is 13.2 Å². The van der Waals surface area contributed by atoms with Gasteiger partial charge in [0.15, 0.2) is 0 Å². The molecule has 2 heterocycles. The van der Waals surface area contributed by atoms with E-state index in [4.69, 9.17) is 0 Å². The van der Waals surface area contributed by atoms with Gasteiger partial charge in [0.25, 0.3) is 5.91 Å². The molecule has 0 spiro atoms. The van der Waals surface area contributed by atoms with Crippen LogP contribution < -0.4 is 5.32 Å². The molecule has 0 saturated carbocycles. The summed E-state index contributed by atoms with van der Waals surface area (Å²) >= 11 is 0. The summed E-state index contributed by atoms with van der Waals surface area (Å²) in [5.41, 5.74) is 3.68. The minimum atomic E-state index is -3.50. The van der Waals surface area contributed by atoms with Crippen LogP contribution in [0, 0.1) is 13.8 Å². The molecule has 1 saturated heterocycles. The van der Waals surface area contributed by atoms with Crippen molar-refractivity contribution in [3.63, 3.8) is 0 Å². The lowest BCUT2D eigenvalue weighted by Gasteiger charge is -2.31. The smallest absolute Gasteiger partial charge is 0.251 e. The van der Waals surface area contributed by atoms with Crippen molar-refractivity contribution in [3.05, 3.63) is 83.7 Å². The molecule has 1 fully saturated rings. The van der Waals surface area contributed by atoms with Crippen LogP contribution >= 0.6 is 0 Å². The molecule has 0 radical (unpaired) electrons. The summed E-state index contributed by atoms with van der Waals surface area (Å²) in [4.78, 5) is 13.1. The van der Waals surface area contributed by atoms with Gasteiger partial charge < -0.3 is 9.88 Å². The number of rotatable bonds is 5. The number of nitrogens with one attached hydrogen (secondary N) is 1. The van der Waals surface area contributed by atoms with Crippen molar-refractivity contribution >= 4 is 15.9 Å². The van der Waals surface area contributed by atoms with Crippen molar-refractivity contribution in [1.29, 1.82) is 0 Å². The first kappa shape index (κ1) is 21.3. The third kappa shape index (κ3) is 4.57. The normalized spacial score (nSPS) is 15.7. The molecule has 4 rings (SSSR count). The predicted molar refractivity (Wildman–Crippen MR) is 121 cm³/mol. The minimum absolute atomic E-state index is 0.0479. The molecule has 31 heavy (non-hydrogen) atoms. The first-order valence-corrected chi connectivity index (χ1v) is 11.9. The third-order valence-electron chi connectivity index (χ3n) is 5.80. The second kappa shape index (κ2) is 8.69. The van der Waals surface area contributed by atoms with Crippen LogP contribution in [0.4, 0.5) is 0 Å². The van der Waals surface area contributed by atoms with Crippen molar-refractivity contribution in [2.75, 3.05) is 13.1 Å². The molecule has 0 atom stereocenters. The molecule has 0 aliphatic carbocycles. The van der Waals surface area contributed by atoms with Gasteiger partial charge in [-0.2, -0.15) is 4.31 Å². The second-order valence-electron chi connectivity index (χ2n) is 8.06. The van der Waals surface area contributed by atoms with Crippen molar-refractivity contribution in [2.24, 2.45) is 0 Å². The van der Waals surface area contributed by atoms with Crippen molar-refractivity contribution in [1.82, 2.24) is 14.2 Å². The first-order valence-electron chi connectivity index (χ1n) is 10.5. The summed E-state index contributed by atoms with van der Waals surface area (Å²) in [6, 6.07) is 16.4. The minimum Gasteiger partial charge on any atom is -0.349 e. The number of aromatic nitrogens is 1. The van der Waals surface area contributed by atoms with E-state index >= 15 is 0 Å². The number of nitrogens with zero attached hydrogens (tertiary/aromatic N) is 2. The fourth-order valence-corrected chi connectivity index (χ4v) is 5.36. The van der Waals surface area contributed by atoms with Gasteiger partial charge in [0.2, 0.25) is 10.0 Å². The van der Waals surface area contributed by atoms with Gasteiger partial charge in [-0.15, -0.1) is 0 Å². The van der Waals surface area contributed by atoms with Crippen LogP contribution in [0.25, 0.3) is 5.69 Å². The average molecular weight is 438 g/mol. The van der Waals surface area contributed by atoms with Crippen LogP contribution in [0.1, 0.15) is 34.3 Å². The Hall–Kier alpha value is -2.90. The first-order chi connectivity index (χ1) is 14.8. The van der Waals surface area contributed by atoms with Gasteiger partial charge in [-0.3, -0.25) is 4.79 Å². The highest BCUT2D eigenvalue weighted by Gasteiger charge is 2.30. The summed E-state index contributed by atoms with van der Waals surface area (Å²) in [5, 5.41) is 3.08. The standard InChI is InChI=1S/C24H27N3O3S/c1-18-5-9-22(10-6-18)31(29,30)27-15-11-21(12-16-27)25-24(28)20-8-7-19(2)23(17-20)26-13-3-4-14-26/h3-10,13-14,17,21H,11-12,15-16H2,1-2H3,(H,25,28). The van der Waals surface area contributed by atoms with Gasteiger partial charge >= 0.3 is 0 Å². The van der Waals surface area contributed by atoms with E-state index in [1.54, 1.807) is 12.1 Å². The SMILES string of the molecule is Cc1ccc(S(=O)(=O)N2CCC(NC(=O)c3ccc(C)c(-n4cccc4)c3)CC2)cc1. The Morgan fingerprint density at radius 1 is 0.968 bits per heavy atom. The van der Waals surface area contributed by atoms with E-state index in [2.05, 4.69) is 5.32 Å². The van der Waals surface area contributed by atoms with Gasteiger partial charge in [0, 0.05) is 42.8 Å². The molecule has 1 aliphatic rings. The number of benzene rings is 2. The molecular formula is C24H27N3O3S. The van der Waals surface area contributed by atoms with Gasteiger partial charge in [0.05, 0.1) is 4.90 Å². The maximum atomic E-state index is 12.9. The van der Waals surface area contributed by atoms with Crippen LogP contribution in [0.3, 0.4) is 0 Å². The molecule has 1 N–H and O–H groups in total. The molecule has 162 valence electrons. The topological polar surface area (TPSA) is 71.4 Å². The fourth-order valence-electron chi connectivity index (χ4n) is 3.89. The molecule has 0 bridgehead atoms. The maximum Gasteiger partial charge on any atom is 0.251 e. The summed E-state index contributed by atoms with van der Waals surface area (Å²) in [7, 11) is -3.50. The Morgan fingerprint density at radius 2 is 1.61 bits per heavy atom. The van der Waals surface area contributed by atoms with Crippen LogP contribution in [0.15, 0.2) is 71.9 Å². The lowest BCUT2D eigenvalue weighted by Crippen LogP contribution is -2.46. The Balaban J connectivity index is 1.39. The maximum absolute atomic E-state index is 12.9. The molecule has 1 amide bonds. The van der Waals surface area contributed by atoms with Gasteiger partial charge in [-0.25, -0.2) is 8.42 Å². The number of aryl methyl sites for hydroxylation is 2. The number of hydrogen-bond donors (Lipinski definition) is 1. The Labute approximate surface area is 183 Å². The zero-order valence-corrected chi connectivity index (χ0v) is 18.6. The summed E-state index contributed by atoms with van der Waals surface area (Å²) in [5.74, 6) is -0.131. The fraction of sp³-hybridized carbons (Fsp3) is 0.292. The van der Waals surface area contributed by atoms with Crippen LogP contribution in [0.2, 0.25) is 0 Å². The number of amides is 1. The Bertz CT molecular complexity index is 1160. The second-order valence-corrected chi connectivity index (χ2v) is 9.99. The van der Waals surface area contributed by atoms with Gasteiger partial charge in [0.1, 0.15) is 0 Å². The largest absolute Gasteiger partial charge is 0.349 e. The van der Waals surface area contributed by atoms with Crippen LogP contribution in [0.5, 0.6) is 0 Å². The van der Waals surface area contributed by atoms with Crippen molar-refractivity contribution in [3.8, 4) is 5.69 Å². The molecule has 6 nitrogen and oxygen atoms in total. The van der Waals surface area contributed by atoms with Gasteiger partial charge in [-0.05, 0) is 68.7 Å². The third-order valence-corrected chi connectivity index (χ3v) is 7.71. The molecule has 1 aliphatic heterocycles. The van der Waals surface area contributed by atoms with E-state index in [0.717, 1.165) is 16.8 Å². The average Bonchev–Trinajstić information content (AvgIpc) is 3.29. The molecule has 3 aromatic rings. The number of carbonyl (C=O) groups is 1. The number of carbonyl (C=O) groups excluding carboxylic acids is 1. The zero-order chi connectivity index (χ0) is 22.0. The quantitative estimate of drug-likeness (QED) is 0.662. The highest BCUT2D eigenvalue weighted by molar-refractivity contribution is 7.89. The summed E-state index contributed by atoms with van der Waals surface area (Å²) in [6.07, 6.45) is 5.09. The van der Waals surface area contributed by atoms with E-state index in [0.29, 0.717) is 36.4 Å². The lowest BCUT2D eigenvalue weighted by atomic mass is 10.0. The van der Waals surface area contributed by atoms with Crippen molar-refractivity contribution in [2.45, 2.75) is 37.6 Å². The number of piperidine rings is 1. The van der Waals surface area contributed by atoms with E-state index in [-0.39, 0.29) is 11.9 Å². The zero-order valence-electron chi connectivity index (χ0n) is 17.8. The van der Waals surface area contributed by atoms with E-state index in [9.17, 15) is 13.2 Å². The molecule has 1 aromatic heterocycles. The highest BCUT2D eigenvalue weighted by Crippen LogP contribution is 2.22. The number of sulfonamides is 1. The Kier molecular flexibility index (Phi) is 5.98. The van der Waals surface area contributed by atoms with Crippen LogP contribution in [-0.2, 0) is 10.0 Å². The molecule has 2 aromatic carbocycles. The molecule has 0 unspecified atom stereocenters. The van der Waals surface area contributed by atoms with Crippen LogP contribution in [-0.4, -0.2) is 42.3 Å². The lowest BCUT2D eigenvalue weighted by molar-refractivity contribution is 0.0924. The van der Waals surface area contributed by atoms with E-state index in [1.807, 2.05) is 73.3 Å². The Morgan fingerprint density at radius 3 is 2.26 bits per heavy atom. The number of hydrogen-bond acceptors (Lipinski definition) is 3. The highest BCUT2D eigenvalue weighted by atomic mass is 32.2. The summed E-state index contributed by atoms with van der Waals surface area (Å²) in [6.45, 7) is 4.73. The molecular weight excluding hydrogens is 410 g/mol. The monoisotopic (exact) mass is 437 g/mol. The van der Waals surface area contributed by atoms with E-state index in [1.165, 1.54) is 4.31 Å². The predicted octanol–water partition coefficient (Wildman–Crippen LogP) is 3.68. The van der Waals surface area contributed by atoms with Gasteiger partial charge in [-0.1, -0.05) is 23.8 Å². The summed E-state index contributed by atoms with van der Waals surface area (Å²) < 4.78 is 29.2. The van der Waals surface area contributed by atoms with E-state index < -0.39 is 10.0 Å². The molecule has 7 heteroatoms.